The number of rotatable bonds is 7. The predicted octanol–water partition coefficient (Wildman–Crippen LogP) is 5.45. The van der Waals surface area contributed by atoms with Gasteiger partial charge in [0, 0.05) is 15.7 Å². The summed E-state index contributed by atoms with van der Waals surface area (Å²) in [6, 6.07) is 14.0. The number of hydrogen-bond acceptors (Lipinski definition) is 5. The molecule has 162 valence electrons. The maximum Gasteiger partial charge on any atom is 0.319 e. The number of aromatic nitrogens is 2. The number of urea groups is 1. The highest BCUT2D eigenvalue weighted by Crippen LogP contribution is 2.27. The summed E-state index contributed by atoms with van der Waals surface area (Å²) < 4.78 is 0.973. The number of para-hydroxylation sites is 1. The van der Waals surface area contributed by atoms with Crippen LogP contribution in [-0.4, -0.2) is 28.2 Å². The fraction of sp³-hybridized carbons (Fsp3) is 0.273. The Morgan fingerprint density at radius 1 is 1.06 bits per heavy atom. The van der Waals surface area contributed by atoms with E-state index < -0.39 is 12.1 Å². The minimum atomic E-state index is -0.714. The number of benzene rings is 2. The zero-order chi connectivity index (χ0) is 22.4. The second-order valence-corrected chi connectivity index (χ2v) is 9.08. The number of halogens is 1. The standard InChI is InChI=1S/C22H24BrN5O2S/c1-4-13(2)18(25-21(30)24-17-8-6-5-7-14(17)3)19(29)26-22-28-27-20(31-22)15-9-11-16(23)12-10-15/h5-13,18H,4H2,1-3H3,(H2,24,25,30)(H,26,28,29). The summed E-state index contributed by atoms with van der Waals surface area (Å²) in [6.45, 7) is 5.81. The first kappa shape index (κ1) is 22.9. The van der Waals surface area contributed by atoms with Gasteiger partial charge in [-0.25, -0.2) is 4.79 Å². The van der Waals surface area contributed by atoms with Gasteiger partial charge in [0.05, 0.1) is 0 Å². The van der Waals surface area contributed by atoms with Gasteiger partial charge in [-0.15, -0.1) is 10.2 Å². The van der Waals surface area contributed by atoms with E-state index in [2.05, 4.69) is 42.1 Å². The summed E-state index contributed by atoms with van der Waals surface area (Å²) in [4.78, 5) is 25.5. The lowest BCUT2D eigenvalue weighted by molar-refractivity contribution is -0.119. The fourth-order valence-corrected chi connectivity index (χ4v) is 3.90. The van der Waals surface area contributed by atoms with Crippen LogP contribution in [0.3, 0.4) is 0 Å². The van der Waals surface area contributed by atoms with Gasteiger partial charge in [-0.05, 0) is 36.6 Å². The molecule has 3 N–H and O–H groups in total. The summed E-state index contributed by atoms with van der Waals surface area (Å²) in [5.41, 5.74) is 2.55. The van der Waals surface area contributed by atoms with Crippen molar-refractivity contribution in [1.82, 2.24) is 15.5 Å². The van der Waals surface area contributed by atoms with Crippen LogP contribution in [-0.2, 0) is 4.79 Å². The van der Waals surface area contributed by atoms with Crippen LogP contribution in [0.5, 0.6) is 0 Å². The number of amides is 3. The largest absolute Gasteiger partial charge is 0.326 e. The van der Waals surface area contributed by atoms with Crippen molar-refractivity contribution < 1.29 is 9.59 Å². The van der Waals surface area contributed by atoms with Gasteiger partial charge in [-0.3, -0.25) is 10.1 Å². The van der Waals surface area contributed by atoms with Crippen molar-refractivity contribution in [3.63, 3.8) is 0 Å². The molecule has 2 unspecified atom stereocenters. The topological polar surface area (TPSA) is 96.0 Å². The molecule has 1 heterocycles. The Kier molecular flexibility index (Phi) is 7.75. The number of aryl methyl sites for hydroxylation is 1. The first-order valence-corrected chi connectivity index (χ1v) is 11.5. The maximum absolute atomic E-state index is 12.9. The van der Waals surface area contributed by atoms with Crippen LogP contribution in [0.15, 0.2) is 53.0 Å². The van der Waals surface area contributed by atoms with E-state index >= 15 is 0 Å². The molecule has 9 heteroatoms. The molecule has 0 bridgehead atoms. The van der Waals surface area contributed by atoms with Crippen molar-refractivity contribution in [2.45, 2.75) is 33.2 Å². The van der Waals surface area contributed by atoms with E-state index in [9.17, 15) is 9.59 Å². The second kappa shape index (κ2) is 10.5. The fourth-order valence-electron chi connectivity index (χ4n) is 2.88. The van der Waals surface area contributed by atoms with E-state index in [1.807, 2.05) is 69.3 Å². The van der Waals surface area contributed by atoms with Gasteiger partial charge in [-0.2, -0.15) is 0 Å². The molecule has 2 atom stereocenters. The van der Waals surface area contributed by atoms with E-state index in [4.69, 9.17) is 0 Å². The molecule has 0 saturated carbocycles. The molecular weight excluding hydrogens is 478 g/mol. The third kappa shape index (κ3) is 6.11. The molecule has 0 spiro atoms. The number of carbonyl (C=O) groups excluding carboxylic acids is 2. The quantitative estimate of drug-likeness (QED) is 0.400. The van der Waals surface area contributed by atoms with Crippen LogP contribution in [0.2, 0.25) is 0 Å². The number of nitrogens with one attached hydrogen (secondary N) is 3. The Labute approximate surface area is 193 Å². The van der Waals surface area contributed by atoms with E-state index in [0.29, 0.717) is 15.8 Å². The van der Waals surface area contributed by atoms with Crippen molar-refractivity contribution in [2.75, 3.05) is 10.6 Å². The minimum absolute atomic E-state index is 0.0681. The molecule has 0 saturated heterocycles. The average Bonchev–Trinajstić information content (AvgIpc) is 3.22. The summed E-state index contributed by atoms with van der Waals surface area (Å²) in [7, 11) is 0. The van der Waals surface area contributed by atoms with Gasteiger partial charge >= 0.3 is 6.03 Å². The molecule has 2 aromatic carbocycles. The lowest BCUT2D eigenvalue weighted by Crippen LogP contribution is -2.49. The molecule has 0 aliphatic rings. The average molecular weight is 502 g/mol. The minimum Gasteiger partial charge on any atom is -0.326 e. The maximum atomic E-state index is 12.9. The van der Waals surface area contributed by atoms with Crippen LogP contribution in [0.25, 0.3) is 10.6 Å². The van der Waals surface area contributed by atoms with Crippen molar-refractivity contribution in [1.29, 1.82) is 0 Å². The van der Waals surface area contributed by atoms with Crippen LogP contribution in [0.1, 0.15) is 25.8 Å². The molecule has 1 aromatic heterocycles. The molecule has 3 amide bonds. The Bertz CT molecular complexity index is 1050. The molecule has 0 aliphatic carbocycles. The molecule has 0 radical (unpaired) electrons. The first-order chi connectivity index (χ1) is 14.9. The zero-order valence-electron chi connectivity index (χ0n) is 17.5. The van der Waals surface area contributed by atoms with Crippen LogP contribution in [0, 0.1) is 12.8 Å². The lowest BCUT2D eigenvalue weighted by atomic mass is 9.98. The molecule has 0 aliphatic heterocycles. The van der Waals surface area contributed by atoms with Gasteiger partial charge in [0.1, 0.15) is 11.0 Å². The molecule has 7 nitrogen and oxygen atoms in total. The van der Waals surface area contributed by atoms with Gasteiger partial charge < -0.3 is 10.6 Å². The molecule has 0 fully saturated rings. The normalized spacial score (nSPS) is 12.6. The molecule has 31 heavy (non-hydrogen) atoms. The Morgan fingerprint density at radius 3 is 2.45 bits per heavy atom. The Morgan fingerprint density at radius 2 is 1.77 bits per heavy atom. The lowest BCUT2D eigenvalue weighted by Gasteiger charge is -2.23. The number of nitrogens with zero attached hydrogens (tertiary/aromatic N) is 2. The smallest absolute Gasteiger partial charge is 0.319 e. The Balaban J connectivity index is 1.68. The van der Waals surface area contributed by atoms with Crippen LogP contribution in [0.4, 0.5) is 15.6 Å². The molecular formula is C22H24BrN5O2S. The monoisotopic (exact) mass is 501 g/mol. The van der Waals surface area contributed by atoms with Crippen molar-refractivity contribution in [2.24, 2.45) is 5.92 Å². The zero-order valence-corrected chi connectivity index (χ0v) is 19.9. The second-order valence-electron chi connectivity index (χ2n) is 7.19. The highest BCUT2D eigenvalue weighted by molar-refractivity contribution is 9.10. The van der Waals surface area contributed by atoms with E-state index in [-0.39, 0.29) is 11.8 Å². The third-order valence-corrected chi connectivity index (χ3v) is 6.34. The van der Waals surface area contributed by atoms with E-state index in [1.165, 1.54) is 11.3 Å². The van der Waals surface area contributed by atoms with E-state index in [0.717, 1.165) is 22.0 Å². The first-order valence-electron chi connectivity index (χ1n) is 9.90. The summed E-state index contributed by atoms with van der Waals surface area (Å²) in [5.74, 6) is -0.394. The van der Waals surface area contributed by atoms with E-state index in [1.54, 1.807) is 0 Å². The van der Waals surface area contributed by atoms with Gasteiger partial charge in [0.2, 0.25) is 11.0 Å². The van der Waals surface area contributed by atoms with Gasteiger partial charge in [0.15, 0.2) is 0 Å². The molecule has 3 rings (SSSR count). The summed E-state index contributed by atoms with van der Waals surface area (Å²) in [6.07, 6.45) is 0.725. The SMILES string of the molecule is CCC(C)C(NC(=O)Nc1ccccc1C)C(=O)Nc1nnc(-c2ccc(Br)cc2)s1. The van der Waals surface area contributed by atoms with Gasteiger partial charge in [-0.1, -0.05) is 77.9 Å². The van der Waals surface area contributed by atoms with Crippen LogP contribution < -0.4 is 16.0 Å². The number of carbonyl (C=O) groups is 2. The highest BCUT2D eigenvalue weighted by atomic mass is 79.9. The van der Waals surface area contributed by atoms with Crippen molar-refractivity contribution in [3.05, 3.63) is 58.6 Å². The molecule has 3 aromatic rings. The predicted molar refractivity (Wildman–Crippen MR) is 128 cm³/mol. The van der Waals surface area contributed by atoms with Crippen molar-refractivity contribution in [3.8, 4) is 10.6 Å². The summed E-state index contributed by atoms with van der Waals surface area (Å²) in [5, 5.41) is 17.7. The number of anilines is 2. The van der Waals surface area contributed by atoms with Gasteiger partial charge in [0.25, 0.3) is 0 Å². The summed E-state index contributed by atoms with van der Waals surface area (Å²) >= 11 is 4.69. The third-order valence-electron chi connectivity index (χ3n) is 4.92. The van der Waals surface area contributed by atoms with Crippen molar-refractivity contribution >= 4 is 50.0 Å². The number of hydrogen-bond donors (Lipinski definition) is 3. The van der Waals surface area contributed by atoms with Crippen LogP contribution >= 0.6 is 27.3 Å². The highest BCUT2D eigenvalue weighted by Gasteiger charge is 2.27. The Hall–Kier alpha value is -2.78.